The lowest BCUT2D eigenvalue weighted by molar-refractivity contribution is -0.148. The number of hydrogen-bond acceptors (Lipinski definition) is 4. The zero-order valence-corrected chi connectivity index (χ0v) is 14.9. The van der Waals surface area contributed by atoms with Crippen molar-refractivity contribution in [2.24, 2.45) is 5.41 Å². The van der Waals surface area contributed by atoms with Crippen LogP contribution in [0.2, 0.25) is 0 Å². The minimum absolute atomic E-state index is 0.0640. The van der Waals surface area contributed by atoms with Crippen molar-refractivity contribution in [3.05, 3.63) is 30.1 Å². The van der Waals surface area contributed by atoms with Crippen LogP contribution < -0.4 is 5.32 Å². The Morgan fingerprint density at radius 1 is 1.25 bits per heavy atom. The second-order valence-electron chi connectivity index (χ2n) is 7.07. The zero-order valence-electron chi connectivity index (χ0n) is 14.9. The van der Waals surface area contributed by atoms with Gasteiger partial charge >= 0.3 is 5.97 Å². The highest BCUT2D eigenvalue weighted by Gasteiger charge is 2.22. The highest BCUT2D eigenvalue weighted by atomic mass is 16.5. The highest BCUT2D eigenvalue weighted by molar-refractivity contribution is 5.82. The Balaban J connectivity index is 2.26. The van der Waals surface area contributed by atoms with Crippen molar-refractivity contribution in [2.75, 3.05) is 0 Å². The van der Waals surface area contributed by atoms with E-state index in [0.717, 1.165) is 11.0 Å². The van der Waals surface area contributed by atoms with Crippen molar-refractivity contribution < 1.29 is 14.3 Å². The summed E-state index contributed by atoms with van der Waals surface area (Å²) in [6.45, 7) is 9.52. The maximum absolute atomic E-state index is 12.1. The first-order chi connectivity index (χ1) is 11.2. The summed E-state index contributed by atoms with van der Waals surface area (Å²) in [6, 6.07) is 7.57. The molecule has 0 unspecified atom stereocenters. The smallest absolute Gasteiger partial charge is 0.326 e. The van der Waals surface area contributed by atoms with Gasteiger partial charge in [-0.1, -0.05) is 32.9 Å². The molecule has 0 spiro atoms. The SMILES string of the molecule is CC(C)OC(=O)Cn1c(CNC(=O)C(C)(C)C)nc2ccccc21. The number of benzene rings is 1. The number of imidazole rings is 1. The van der Waals surface area contributed by atoms with Crippen LogP contribution in [0.5, 0.6) is 0 Å². The summed E-state index contributed by atoms with van der Waals surface area (Å²) in [4.78, 5) is 28.7. The molecule has 130 valence electrons. The van der Waals surface area contributed by atoms with Gasteiger partial charge in [-0.2, -0.15) is 0 Å². The second-order valence-corrected chi connectivity index (χ2v) is 7.07. The summed E-state index contributed by atoms with van der Waals surface area (Å²) < 4.78 is 7.03. The fourth-order valence-electron chi connectivity index (χ4n) is 2.29. The van der Waals surface area contributed by atoms with Crippen LogP contribution in [0, 0.1) is 5.41 Å². The fourth-order valence-corrected chi connectivity index (χ4v) is 2.29. The van der Waals surface area contributed by atoms with Gasteiger partial charge in [-0.25, -0.2) is 4.98 Å². The minimum Gasteiger partial charge on any atom is -0.462 e. The van der Waals surface area contributed by atoms with Crippen molar-refractivity contribution in [2.45, 2.75) is 53.8 Å². The van der Waals surface area contributed by atoms with Crippen LogP contribution in [0.4, 0.5) is 0 Å². The Morgan fingerprint density at radius 3 is 2.54 bits per heavy atom. The quantitative estimate of drug-likeness (QED) is 0.855. The van der Waals surface area contributed by atoms with Gasteiger partial charge in [0.1, 0.15) is 12.4 Å². The number of rotatable bonds is 5. The van der Waals surface area contributed by atoms with Gasteiger partial charge in [0.2, 0.25) is 5.91 Å². The molecule has 0 aliphatic heterocycles. The maximum Gasteiger partial charge on any atom is 0.326 e. The van der Waals surface area contributed by atoms with Crippen LogP contribution in [0.15, 0.2) is 24.3 Å². The number of ether oxygens (including phenoxy) is 1. The summed E-state index contributed by atoms with van der Waals surface area (Å²) >= 11 is 0. The van der Waals surface area contributed by atoms with E-state index in [1.807, 2.05) is 58.9 Å². The van der Waals surface area contributed by atoms with Gasteiger partial charge in [-0.15, -0.1) is 0 Å². The molecule has 0 saturated heterocycles. The molecule has 1 aromatic carbocycles. The molecule has 24 heavy (non-hydrogen) atoms. The average molecular weight is 331 g/mol. The summed E-state index contributed by atoms with van der Waals surface area (Å²) in [6.07, 6.45) is -0.170. The van der Waals surface area contributed by atoms with Crippen molar-refractivity contribution in [1.82, 2.24) is 14.9 Å². The fraction of sp³-hybridized carbons (Fsp3) is 0.500. The number of nitrogens with zero attached hydrogens (tertiary/aromatic N) is 2. The van der Waals surface area contributed by atoms with Crippen LogP contribution in [0.1, 0.15) is 40.4 Å². The number of nitrogens with one attached hydrogen (secondary N) is 1. The van der Waals surface area contributed by atoms with Gasteiger partial charge in [0.15, 0.2) is 0 Å². The predicted octanol–water partition coefficient (Wildman–Crippen LogP) is 2.65. The minimum atomic E-state index is -0.479. The number of hydrogen-bond donors (Lipinski definition) is 1. The maximum atomic E-state index is 12.1. The lowest BCUT2D eigenvalue weighted by Gasteiger charge is -2.18. The monoisotopic (exact) mass is 331 g/mol. The Labute approximate surface area is 142 Å². The van der Waals surface area contributed by atoms with Crippen molar-refractivity contribution in [3.63, 3.8) is 0 Å². The second kappa shape index (κ2) is 7.03. The van der Waals surface area contributed by atoms with E-state index >= 15 is 0 Å². The molecule has 0 atom stereocenters. The number of esters is 1. The summed E-state index contributed by atoms with van der Waals surface area (Å²) in [5.41, 5.74) is 1.15. The molecule has 2 rings (SSSR count). The molecule has 0 fully saturated rings. The van der Waals surface area contributed by atoms with Gasteiger partial charge in [0, 0.05) is 5.41 Å². The largest absolute Gasteiger partial charge is 0.462 e. The third kappa shape index (κ3) is 4.34. The molecule has 6 heteroatoms. The zero-order chi connectivity index (χ0) is 17.9. The normalized spacial score (nSPS) is 11.8. The predicted molar refractivity (Wildman–Crippen MR) is 92.3 cm³/mol. The Hall–Kier alpha value is -2.37. The van der Waals surface area contributed by atoms with Gasteiger partial charge in [-0.05, 0) is 26.0 Å². The van der Waals surface area contributed by atoms with Gasteiger partial charge < -0.3 is 14.6 Å². The molecule has 6 nitrogen and oxygen atoms in total. The molecule has 1 aromatic heterocycles. The van der Waals surface area contributed by atoms with Gasteiger partial charge in [0.05, 0.1) is 23.7 Å². The van der Waals surface area contributed by atoms with Crippen LogP contribution in [0.25, 0.3) is 11.0 Å². The average Bonchev–Trinajstić information content (AvgIpc) is 2.81. The van der Waals surface area contributed by atoms with E-state index in [1.54, 1.807) is 4.57 Å². The van der Waals surface area contributed by atoms with Gasteiger partial charge in [-0.3, -0.25) is 9.59 Å². The molecule has 2 aromatic rings. The summed E-state index contributed by atoms with van der Waals surface area (Å²) in [5, 5.41) is 2.88. The van der Waals surface area contributed by atoms with E-state index in [0.29, 0.717) is 5.82 Å². The number of para-hydroxylation sites is 2. The third-order valence-corrected chi connectivity index (χ3v) is 3.48. The molecule has 0 aliphatic rings. The molecule has 0 aliphatic carbocycles. The number of amides is 1. The van der Waals surface area contributed by atoms with E-state index in [2.05, 4.69) is 10.3 Å². The first-order valence-electron chi connectivity index (χ1n) is 8.10. The standard InChI is InChI=1S/C18H25N3O3/c1-12(2)24-16(22)11-21-14-9-7-6-8-13(14)20-15(21)10-19-17(23)18(3,4)5/h6-9,12H,10-11H2,1-5H3,(H,19,23). The van der Waals surface area contributed by atoms with E-state index in [9.17, 15) is 9.59 Å². The lowest BCUT2D eigenvalue weighted by Crippen LogP contribution is -2.35. The Kier molecular flexibility index (Phi) is 5.26. The van der Waals surface area contributed by atoms with E-state index in [4.69, 9.17) is 4.74 Å². The molecule has 0 radical (unpaired) electrons. The number of carbonyl (C=O) groups excluding carboxylic acids is 2. The molecular weight excluding hydrogens is 306 g/mol. The summed E-state index contributed by atoms with van der Waals surface area (Å²) in [5.74, 6) is 0.247. The molecular formula is C18H25N3O3. The molecule has 1 heterocycles. The van der Waals surface area contributed by atoms with Crippen LogP contribution >= 0.6 is 0 Å². The van der Waals surface area contributed by atoms with E-state index < -0.39 is 5.41 Å². The van der Waals surface area contributed by atoms with Crippen LogP contribution in [-0.4, -0.2) is 27.5 Å². The molecule has 0 bridgehead atoms. The topological polar surface area (TPSA) is 73.2 Å². The summed E-state index contributed by atoms with van der Waals surface area (Å²) in [7, 11) is 0. The first kappa shape index (κ1) is 18.0. The number of fused-ring (bicyclic) bond motifs is 1. The molecule has 1 N–H and O–H groups in total. The van der Waals surface area contributed by atoms with E-state index in [1.165, 1.54) is 0 Å². The van der Waals surface area contributed by atoms with E-state index in [-0.39, 0.29) is 31.1 Å². The Bertz CT molecular complexity index is 742. The van der Waals surface area contributed by atoms with Crippen molar-refractivity contribution >= 4 is 22.9 Å². The van der Waals surface area contributed by atoms with Crippen LogP contribution in [-0.2, 0) is 27.4 Å². The first-order valence-corrected chi connectivity index (χ1v) is 8.10. The highest BCUT2D eigenvalue weighted by Crippen LogP contribution is 2.17. The number of carbonyl (C=O) groups is 2. The third-order valence-electron chi connectivity index (χ3n) is 3.48. The Morgan fingerprint density at radius 2 is 1.92 bits per heavy atom. The molecule has 0 saturated carbocycles. The van der Waals surface area contributed by atoms with Gasteiger partial charge in [0.25, 0.3) is 0 Å². The number of aromatic nitrogens is 2. The van der Waals surface area contributed by atoms with Crippen molar-refractivity contribution in [3.8, 4) is 0 Å². The van der Waals surface area contributed by atoms with Crippen molar-refractivity contribution in [1.29, 1.82) is 0 Å². The lowest BCUT2D eigenvalue weighted by atomic mass is 9.96. The molecule has 1 amide bonds. The van der Waals surface area contributed by atoms with Crippen LogP contribution in [0.3, 0.4) is 0 Å².